The van der Waals surface area contributed by atoms with Crippen LogP contribution in [0.25, 0.3) is 0 Å². The highest BCUT2D eigenvalue weighted by Crippen LogP contribution is 2.37. The average Bonchev–Trinajstić information content (AvgIpc) is 2.44. The van der Waals surface area contributed by atoms with Gasteiger partial charge in [0.25, 0.3) is 0 Å². The maximum atomic E-state index is 8.68. The fourth-order valence-corrected chi connectivity index (χ4v) is 2.92. The zero-order valence-electron chi connectivity index (χ0n) is 10.3. The third-order valence-electron chi connectivity index (χ3n) is 2.53. The Morgan fingerprint density at radius 1 is 1.10 bits per heavy atom. The summed E-state index contributed by atoms with van der Waals surface area (Å²) in [5, 5.41) is 12.5. The molecule has 3 N–H and O–H groups in total. The van der Waals surface area contributed by atoms with E-state index >= 15 is 0 Å². The molecule has 2 rings (SSSR count). The van der Waals surface area contributed by atoms with Gasteiger partial charge in [0.1, 0.15) is 11.5 Å². The number of halogens is 4. The molecule has 110 valence electrons. The lowest BCUT2D eigenvalue weighted by Gasteiger charge is -2.10. The van der Waals surface area contributed by atoms with Gasteiger partial charge >= 0.3 is 0 Å². The van der Waals surface area contributed by atoms with E-state index in [9.17, 15) is 0 Å². The summed E-state index contributed by atoms with van der Waals surface area (Å²) in [4.78, 5) is 0. The number of ether oxygens (including phenoxy) is 1. The van der Waals surface area contributed by atoms with Crippen LogP contribution >= 0.6 is 55.1 Å². The lowest BCUT2D eigenvalue weighted by atomic mass is 10.2. The molecule has 0 unspecified atom stereocenters. The highest BCUT2D eigenvalue weighted by Gasteiger charge is 2.10. The fourth-order valence-electron chi connectivity index (χ4n) is 1.53. The Morgan fingerprint density at radius 3 is 2.43 bits per heavy atom. The first-order valence-electron chi connectivity index (χ1n) is 5.52. The van der Waals surface area contributed by atoms with Crippen LogP contribution in [-0.4, -0.2) is 11.0 Å². The normalized spacial score (nSPS) is 11.5. The molecule has 0 atom stereocenters. The zero-order chi connectivity index (χ0) is 15.6. The molecule has 0 heterocycles. The number of hydrogen-bond acceptors (Lipinski definition) is 3. The molecule has 0 aliphatic heterocycles. The van der Waals surface area contributed by atoms with Gasteiger partial charge in [0, 0.05) is 20.6 Å². The van der Waals surface area contributed by atoms with Gasteiger partial charge in [0.05, 0.1) is 10.0 Å². The molecule has 0 fully saturated rings. The molecule has 0 saturated heterocycles. The largest absolute Gasteiger partial charge is 0.456 e. The first-order valence-corrected chi connectivity index (χ1v) is 7.86. The lowest BCUT2D eigenvalue weighted by Crippen LogP contribution is -2.13. The fraction of sp³-hybridized carbons (Fsp3) is 0. The summed E-state index contributed by atoms with van der Waals surface area (Å²) in [6, 6.07) is 8.27. The Morgan fingerprint density at radius 2 is 1.81 bits per heavy atom. The molecule has 4 nitrogen and oxygen atoms in total. The van der Waals surface area contributed by atoms with Crippen LogP contribution in [0.15, 0.2) is 44.4 Å². The summed E-state index contributed by atoms with van der Waals surface area (Å²) >= 11 is 18.7. The van der Waals surface area contributed by atoms with Gasteiger partial charge in [-0.15, -0.1) is 0 Å². The molecule has 2 aromatic rings. The topological polar surface area (TPSA) is 67.8 Å². The summed E-state index contributed by atoms with van der Waals surface area (Å²) in [5.41, 5.74) is 6.09. The Hall–Kier alpha value is -0.950. The summed E-state index contributed by atoms with van der Waals surface area (Å²) in [7, 11) is 0. The SMILES string of the molecule is N/C(=N/O)c1ccc(Oc2cc(Cl)c(Br)cc2Cl)cc1Br. The number of amidine groups is 1. The molecule has 21 heavy (non-hydrogen) atoms. The standard InChI is InChI=1S/C13H8Br2Cl2N2O2/c14-8-3-6(1-2-7(8)13(18)19-20)21-12-5-10(16)9(15)4-11(12)17/h1-5,20H,(H2,18,19). The number of rotatable bonds is 3. The molecule has 0 bridgehead atoms. The molecular formula is C13H8Br2Cl2N2O2. The van der Waals surface area contributed by atoms with Gasteiger partial charge < -0.3 is 15.7 Å². The smallest absolute Gasteiger partial charge is 0.171 e. The Kier molecular flexibility index (Phi) is 5.37. The number of hydrogen-bond donors (Lipinski definition) is 2. The van der Waals surface area contributed by atoms with E-state index in [1.165, 1.54) is 0 Å². The van der Waals surface area contributed by atoms with Gasteiger partial charge in [-0.2, -0.15) is 0 Å². The van der Waals surface area contributed by atoms with Crippen LogP contribution in [-0.2, 0) is 0 Å². The van der Waals surface area contributed by atoms with Crippen LogP contribution in [0, 0.1) is 0 Å². The van der Waals surface area contributed by atoms with Gasteiger partial charge in [0.15, 0.2) is 5.84 Å². The van der Waals surface area contributed by atoms with Crippen LogP contribution < -0.4 is 10.5 Å². The maximum Gasteiger partial charge on any atom is 0.171 e. The summed E-state index contributed by atoms with van der Waals surface area (Å²) in [6.07, 6.45) is 0. The van der Waals surface area contributed by atoms with Crippen molar-refractivity contribution in [2.24, 2.45) is 10.9 Å². The van der Waals surface area contributed by atoms with Crippen molar-refractivity contribution in [3.05, 3.63) is 54.9 Å². The molecule has 0 saturated carbocycles. The number of nitrogens with two attached hydrogens (primary N) is 1. The first-order chi connectivity index (χ1) is 9.92. The van der Waals surface area contributed by atoms with Gasteiger partial charge in [-0.1, -0.05) is 28.4 Å². The lowest BCUT2D eigenvalue weighted by molar-refractivity contribution is 0.318. The summed E-state index contributed by atoms with van der Waals surface area (Å²) in [6.45, 7) is 0. The zero-order valence-corrected chi connectivity index (χ0v) is 15.0. The molecule has 8 heteroatoms. The van der Waals surface area contributed by atoms with Gasteiger partial charge in [-0.3, -0.25) is 0 Å². The minimum atomic E-state index is -0.00172. The Bertz CT molecular complexity index is 724. The van der Waals surface area contributed by atoms with Crippen LogP contribution in [0.1, 0.15) is 5.56 Å². The van der Waals surface area contributed by atoms with Gasteiger partial charge in [-0.05, 0) is 56.1 Å². The number of nitrogens with zero attached hydrogens (tertiary/aromatic N) is 1. The second-order valence-electron chi connectivity index (χ2n) is 3.93. The van der Waals surface area contributed by atoms with Gasteiger partial charge in [0.2, 0.25) is 0 Å². The van der Waals surface area contributed by atoms with Crippen molar-refractivity contribution in [1.29, 1.82) is 0 Å². The Labute approximate surface area is 147 Å². The van der Waals surface area contributed by atoms with Crippen LogP contribution in [0.4, 0.5) is 0 Å². The van der Waals surface area contributed by atoms with Crippen LogP contribution in [0.3, 0.4) is 0 Å². The van der Waals surface area contributed by atoms with E-state index in [4.69, 9.17) is 38.9 Å². The van der Waals surface area contributed by atoms with Crippen molar-refractivity contribution >= 4 is 60.9 Å². The van der Waals surface area contributed by atoms with Crippen molar-refractivity contribution in [3.63, 3.8) is 0 Å². The van der Waals surface area contributed by atoms with Crippen LogP contribution in [0.2, 0.25) is 10.0 Å². The van der Waals surface area contributed by atoms with Crippen molar-refractivity contribution in [2.45, 2.75) is 0 Å². The predicted octanol–water partition coefficient (Wildman–Crippen LogP) is 5.41. The highest BCUT2D eigenvalue weighted by molar-refractivity contribution is 9.10. The summed E-state index contributed by atoms with van der Waals surface area (Å²) < 4.78 is 6.99. The van der Waals surface area contributed by atoms with Crippen molar-refractivity contribution in [3.8, 4) is 11.5 Å². The molecule has 0 aliphatic carbocycles. The number of benzene rings is 2. The molecule has 2 aromatic carbocycles. The predicted molar refractivity (Wildman–Crippen MR) is 90.9 cm³/mol. The molecule has 0 spiro atoms. The molecular weight excluding hydrogens is 447 g/mol. The molecule has 0 aromatic heterocycles. The second-order valence-corrected chi connectivity index (χ2v) is 6.45. The Balaban J connectivity index is 2.33. The summed E-state index contributed by atoms with van der Waals surface area (Å²) in [5.74, 6) is 0.947. The van der Waals surface area contributed by atoms with E-state index in [1.54, 1.807) is 30.3 Å². The molecule has 0 aliphatic rings. The monoisotopic (exact) mass is 452 g/mol. The highest BCUT2D eigenvalue weighted by atomic mass is 79.9. The van der Waals surface area contributed by atoms with E-state index in [-0.39, 0.29) is 5.84 Å². The average molecular weight is 455 g/mol. The quantitative estimate of drug-likeness (QED) is 0.214. The first kappa shape index (κ1) is 16.4. The maximum absolute atomic E-state index is 8.68. The van der Waals surface area contributed by atoms with Crippen molar-refractivity contribution in [1.82, 2.24) is 0 Å². The van der Waals surface area contributed by atoms with Crippen molar-refractivity contribution in [2.75, 3.05) is 0 Å². The van der Waals surface area contributed by atoms with E-state index in [2.05, 4.69) is 37.0 Å². The van der Waals surface area contributed by atoms with E-state index < -0.39 is 0 Å². The van der Waals surface area contributed by atoms with Crippen molar-refractivity contribution < 1.29 is 9.94 Å². The number of oxime groups is 1. The minimum absolute atomic E-state index is 0.00172. The molecule has 0 amide bonds. The van der Waals surface area contributed by atoms with E-state index in [1.807, 2.05) is 0 Å². The second kappa shape index (κ2) is 6.87. The van der Waals surface area contributed by atoms with Crippen LogP contribution in [0.5, 0.6) is 11.5 Å². The third-order valence-corrected chi connectivity index (χ3v) is 4.68. The van der Waals surface area contributed by atoms with Gasteiger partial charge in [-0.25, -0.2) is 0 Å². The van der Waals surface area contributed by atoms with E-state index in [0.29, 0.717) is 36.1 Å². The third kappa shape index (κ3) is 3.83. The molecule has 0 radical (unpaired) electrons. The van der Waals surface area contributed by atoms with E-state index in [0.717, 1.165) is 0 Å². The minimum Gasteiger partial charge on any atom is -0.456 e.